The van der Waals surface area contributed by atoms with Crippen LogP contribution in [0.2, 0.25) is 0 Å². The minimum absolute atomic E-state index is 0. The number of nitrogens with one attached hydrogen (secondary N) is 1. The summed E-state index contributed by atoms with van der Waals surface area (Å²) < 4.78 is 4.64. The molecule has 5 heteroatoms. The van der Waals surface area contributed by atoms with E-state index in [1.165, 1.54) is 7.11 Å². The first-order chi connectivity index (χ1) is 7.27. The van der Waals surface area contributed by atoms with Crippen molar-refractivity contribution >= 4 is 31.0 Å². The number of hydrogen-bond acceptors (Lipinski definition) is 4. The predicted octanol–water partition coefficient (Wildman–Crippen LogP) is 1.67. The summed E-state index contributed by atoms with van der Waals surface area (Å²) >= 11 is 4.09. The van der Waals surface area contributed by atoms with Gasteiger partial charge in [-0.3, -0.25) is 10.1 Å². The number of carbonyl (C=O) groups is 1. The number of halogens is 1. The van der Waals surface area contributed by atoms with Crippen molar-refractivity contribution < 1.29 is 9.53 Å². The van der Waals surface area contributed by atoms with E-state index < -0.39 is 0 Å². The maximum absolute atomic E-state index is 11.2. The summed E-state index contributed by atoms with van der Waals surface area (Å²) in [5.41, 5.74) is 1.13. The molecule has 0 fully saturated rings. The molecule has 0 aliphatic rings. The van der Waals surface area contributed by atoms with Gasteiger partial charge in [0.05, 0.1) is 7.11 Å². The van der Waals surface area contributed by atoms with Crippen LogP contribution in [0.5, 0.6) is 0 Å². The molecule has 16 heavy (non-hydrogen) atoms. The molecule has 0 bridgehead atoms. The van der Waals surface area contributed by atoms with Crippen molar-refractivity contribution in [3.63, 3.8) is 0 Å². The zero-order chi connectivity index (χ0) is 11.1. The van der Waals surface area contributed by atoms with Gasteiger partial charge >= 0.3 is 5.97 Å². The standard InChI is InChI=1S/C11H15NO2S.ClH/c1-14-11(13)10(8-15)12-7-9-5-3-2-4-6-9;/h2-6,10,12,15H,7-8H2,1H3;1H. The van der Waals surface area contributed by atoms with Crippen molar-refractivity contribution in [3.8, 4) is 0 Å². The van der Waals surface area contributed by atoms with E-state index in [-0.39, 0.29) is 24.4 Å². The lowest BCUT2D eigenvalue weighted by atomic mass is 10.2. The monoisotopic (exact) mass is 261 g/mol. The Balaban J connectivity index is 0.00000225. The molecule has 1 rings (SSSR count). The van der Waals surface area contributed by atoms with E-state index in [2.05, 4.69) is 22.7 Å². The Morgan fingerprint density at radius 2 is 2.06 bits per heavy atom. The molecule has 90 valence electrons. The Hall–Kier alpha value is -0.710. The Kier molecular flexibility index (Phi) is 8.07. The Bertz CT molecular complexity index is 308. The van der Waals surface area contributed by atoms with E-state index in [9.17, 15) is 4.79 Å². The number of carbonyl (C=O) groups excluding carboxylic acids is 1. The third-order valence-corrected chi connectivity index (χ3v) is 2.43. The van der Waals surface area contributed by atoms with Crippen molar-refractivity contribution in [2.24, 2.45) is 0 Å². The number of rotatable bonds is 5. The molecule has 0 spiro atoms. The SMILES string of the molecule is COC(=O)C(CS)NCc1ccccc1.Cl. The van der Waals surface area contributed by atoms with Gasteiger partial charge < -0.3 is 4.74 Å². The molecule has 0 amide bonds. The van der Waals surface area contributed by atoms with E-state index in [1.807, 2.05) is 30.3 Å². The minimum atomic E-state index is -0.349. The summed E-state index contributed by atoms with van der Waals surface area (Å²) in [6.45, 7) is 0.640. The van der Waals surface area contributed by atoms with Crippen molar-refractivity contribution in [2.45, 2.75) is 12.6 Å². The number of benzene rings is 1. The highest BCUT2D eigenvalue weighted by molar-refractivity contribution is 7.80. The van der Waals surface area contributed by atoms with Gasteiger partial charge in [0, 0.05) is 12.3 Å². The van der Waals surface area contributed by atoms with Crippen LogP contribution < -0.4 is 5.32 Å². The summed E-state index contributed by atoms with van der Waals surface area (Å²) in [4.78, 5) is 11.2. The van der Waals surface area contributed by atoms with Crippen molar-refractivity contribution in [3.05, 3.63) is 35.9 Å². The molecule has 1 unspecified atom stereocenters. The molecule has 0 saturated heterocycles. The van der Waals surface area contributed by atoms with Crippen LogP contribution in [0.25, 0.3) is 0 Å². The average Bonchev–Trinajstić information content (AvgIpc) is 2.31. The van der Waals surface area contributed by atoms with Gasteiger partial charge in [-0.15, -0.1) is 12.4 Å². The molecule has 1 N–H and O–H groups in total. The van der Waals surface area contributed by atoms with Gasteiger partial charge in [0.25, 0.3) is 0 Å². The Morgan fingerprint density at radius 1 is 1.44 bits per heavy atom. The summed E-state index contributed by atoms with van der Waals surface area (Å²) in [5, 5.41) is 3.09. The first-order valence-corrected chi connectivity index (χ1v) is 5.37. The highest BCUT2D eigenvalue weighted by Gasteiger charge is 2.15. The van der Waals surface area contributed by atoms with Crippen LogP contribution in [0.15, 0.2) is 30.3 Å². The Labute approximate surface area is 107 Å². The molecule has 1 atom stereocenters. The second-order valence-electron chi connectivity index (χ2n) is 3.12. The Morgan fingerprint density at radius 3 is 2.56 bits per heavy atom. The third-order valence-electron chi connectivity index (χ3n) is 2.06. The number of methoxy groups -OCH3 is 1. The lowest BCUT2D eigenvalue weighted by Crippen LogP contribution is -2.38. The fourth-order valence-electron chi connectivity index (χ4n) is 1.20. The smallest absolute Gasteiger partial charge is 0.323 e. The zero-order valence-corrected chi connectivity index (χ0v) is 10.8. The van der Waals surface area contributed by atoms with Crippen molar-refractivity contribution in [1.29, 1.82) is 0 Å². The van der Waals surface area contributed by atoms with E-state index in [0.717, 1.165) is 5.56 Å². The number of esters is 1. The van der Waals surface area contributed by atoms with Gasteiger partial charge in [0.2, 0.25) is 0 Å². The van der Waals surface area contributed by atoms with Crippen LogP contribution >= 0.6 is 25.0 Å². The number of thiol groups is 1. The fourth-order valence-corrected chi connectivity index (χ4v) is 1.48. The first kappa shape index (κ1) is 15.3. The quantitative estimate of drug-likeness (QED) is 0.626. The van der Waals surface area contributed by atoms with Gasteiger partial charge in [-0.2, -0.15) is 12.6 Å². The van der Waals surface area contributed by atoms with Crippen molar-refractivity contribution in [2.75, 3.05) is 12.9 Å². The number of hydrogen-bond donors (Lipinski definition) is 2. The number of ether oxygens (including phenoxy) is 1. The van der Waals surface area contributed by atoms with E-state index >= 15 is 0 Å². The summed E-state index contributed by atoms with van der Waals surface area (Å²) in [6, 6.07) is 9.54. The van der Waals surface area contributed by atoms with Crippen LogP contribution in [-0.4, -0.2) is 24.9 Å². The molecule has 0 aliphatic carbocycles. The molecule has 0 aromatic heterocycles. The van der Waals surface area contributed by atoms with Gasteiger partial charge in [-0.25, -0.2) is 0 Å². The molecule has 0 radical (unpaired) electrons. The minimum Gasteiger partial charge on any atom is -0.468 e. The molecule has 1 aromatic rings. The lowest BCUT2D eigenvalue weighted by Gasteiger charge is -2.13. The topological polar surface area (TPSA) is 38.3 Å². The van der Waals surface area contributed by atoms with Crippen LogP contribution in [0.3, 0.4) is 0 Å². The highest BCUT2D eigenvalue weighted by Crippen LogP contribution is 1.99. The predicted molar refractivity (Wildman–Crippen MR) is 70.2 cm³/mol. The van der Waals surface area contributed by atoms with Crippen molar-refractivity contribution in [1.82, 2.24) is 5.32 Å². The van der Waals surface area contributed by atoms with Gasteiger partial charge in [-0.05, 0) is 5.56 Å². The summed E-state index contributed by atoms with van der Waals surface area (Å²) in [7, 11) is 1.38. The molecule has 3 nitrogen and oxygen atoms in total. The van der Waals surface area contributed by atoms with Crippen LogP contribution in [0.4, 0.5) is 0 Å². The van der Waals surface area contributed by atoms with Gasteiger partial charge in [0.15, 0.2) is 0 Å². The third kappa shape index (κ3) is 4.88. The lowest BCUT2D eigenvalue weighted by molar-refractivity contribution is -0.142. The van der Waals surface area contributed by atoms with Crippen LogP contribution in [-0.2, 0) is 16.1 Å². The molecule has 0 aliphatic heterocycles. The normalized spacial score (nSPS) is 11.4. The maximum atomic E-state index is 11.2. The van der Waals surface area contributed by atoms with Crippen LogP contribution in [0, 0.1) is 0 Å². The van der Waals surface area contributed by atoms with Crippen LogP contribution in [0.1, 0.15) is 5.56 Å². The molecular weight excluding hydrogens is 246 g/mol. The average molecular weight is 262 g/mol. The molecular formula is C11H16ClNO2S. The molecule has 1 aromatic carbocycles. The first-order valence-electron chi connectivity index (χ1n) is 4.74. The van der Waals surface area contributed by atoms with E-state index in [1.54, 1.807) is 0 Å². The second kappa shape index (κ2) is 8.44. The fraction of sp³-hybridized carbons (Fsp3) is 0.364. The van der Waals surface area contributed by atoms with Gasteiger partial charge in [0.1, 0.15) is 6.04 Å². The summed E-state index contributed by atoms with van der Waals surface area (Å²) in [5.74, 6) is 0.153. The largest absolute Gasteiger partial charge is 0.468 e. The second-order valence-corrected chi connectivity index (χ2v) is 3.49. The highest BCUT2D eigenvalue weighted by atomic mass is 35.5. The zero-order valence-electron chi connectivity index (χ0n) is 9.05. The summed E-state index contributed by atoms with van der Waals surface area (Å²) in [6.07, 6.45) is 0. The van der Waals surface area contributed by atoms with Gasteiger partial charge in [-0.1, -0.05) is 30.3 Å². The molecule has 0 heterocycles. The van der Waals surface area contributed by atoms with E-state index in [4.69, 9.17) is 0 Å². The molecule has 0 saturated carbocycles. The maximum Gasteiger partial charge on any atom is 0.323 e. The van der Waals surface area contributed by atoms with E-state index in [0.29, 0.717) is 12.3 Å².